The predicted molar refractivity (Wildman–Crippen MR) is 51.9 cm³/mol. The summed E-state index contributed by atoms with van der Waals surface area (Å²) in [5.74, 6) is 5.82. The molecule has 0 amide bonds. The van der Waals surface area contributed by atoms with Crippen molar-refractivity contribution in [2.24, 2.45) is 5.84 Å². The van der Waals surface area contributed by atoms with Crippen LogP contribution in [0.2, 0.25) is 0 Å². The highest BCUT2D eigenvalue weighted by Gasteiger charge is 2.30. The first-order valence-electron chi connectivity index (χ1n) is 4.15. The lowest BCUT2D eigenvalue weighted by Crippen LogP contribution is -2.45. The first kappa shape index (κ1) is 8.23. The van der Waals surface area contributed by atoms with Gasteiger partial charge in [-0.15, -0.1) is 0 Å². The molecule has 1 aromatic rings. The van der Waals surface area contributed by atoms with Gasteiger partial charge in [0.1, 0.15) is 0 Å². The van der Waals surface area contributed by atoms with Crippen molar-refractivity contribution < 1.29 is 0 Å². The van der Waals surface area contributed by atoms with E-state index in [1.54, 1.807) is 11.3 Å². The first-order valence-corrected chi connectivity index (χ1v) is 5.09. The maximum Gasteiger partial charge on any atom is 0.0390 e. The fourth-order valence-corrected chi connectivity index (χ4v) is 2.95. The summed E-state index contributed by atoms with van der Waals surface area (Å²) < 4.78 is 0. The zero-order valence-electron chi connectivity index (χ0n) is 7.50. The summed E-state index contributed by atoms with van der Waals surface area (Å²) in [4.78, 5) is 0. The number of hydrazine groups is 1. The molecule has 1 aliphatic heterocycles. The Morgan fingerprint density at radius 2 is 2.25 bits per heavy atom. The average Bonchev–Trinajstić information content (AvgIpc) is 2.32. The molecule has 1 aromatic heterocycles. The van der Waals surface area contributed by atoms with Gasteiger partial charge in [0.05, 0.1) is 0 Å². The minimum atomic E-state index is 0.225. The van der Waals surface area contributed by atoms with Crippen molar-refractivity contribution in [1.29, 1.82) is 0 Å². The summed E-state index contributed by atoms with van der Waals surface area (Å²) in [7, 11) is 0. The second kappa shape index (κ2) is 2.55. The van der Waals surface area contributed by atoms with Gasteiger partial charge in [0.2, 0.25) is 0 Å². The Morgan fingerprint density at radius 1 is 1.50 bits per heavy atom. The smallest absolute Gasteiger partial charge is 0.0390 e. The van der Waals surface area contributed by atoms with Crippen molar-refractivity contribution >= 4 is 11.3 Å². The Hall–Kier alpha value is -0.380. The molecule has 0 atom stereocenters. The Balaban J connectivity index is 2.45. The van der Waals surface area contributed by atoms with Crippen molar-refractivity contribution in [3.05, 3.63) is 21.9 Å². The van der Waals surface area contributed by atoms with Crippen LogP contribution in [0.1, 0.15) is 25.0 Å². The lowest BCUT2D eigenvalue weighted by atomic mass is 9.81. The van der Waals surface area contributed by atoms with Crippen LogP contribution in [0.4, 0.5) is 0 Å². The average molecular weight is 182 g/mol. The molecule has 2 N–H and O–H groups in total. The quantitative estimate of drug-likeness (QED) is 0.619. The van der Waals surface area contributed by atoms with Crippen LogP contribution in [-0.2, 0) is 12.0 Å². The molecule has 0 aromatic carbocycles. The molecule has 0 spiro atoms. The largest absolute Gasteiger partial charge is 0.268 e. The van der Waals surface area contributed by atoms with Crippen LogP contribution in [0.3, 0.4) is 0 Å². The van der Waals surface area contributed by atoms with Crippen LogP contribution in [0.25, 0.3) is 0 Å². The molecular weight excluding hydrogens is 168 g/mol. The lowest BCUT2D eigenvalue weighted by molar-refractivity contribution is 0.199. The Kier molecular flexibility index (Phi) is 1.75. The van der Waals surface area contributed by atoms with E-state index in [2.05, 4.69) is 24.6 Å². The number of hydrogen-bond acceptors (Lipinski definition) is 3. The zero-order chi connectivity index (χ0) is 8.77. The lowest BCUT2D eigenvalue weighted by Gasteiger charge is -2.35. The molecule has 3 heteroatoms. The van der Waals surface area contributed by atoms with E-state index in [0.717, 1.165) is 13.1 Å². The molecule has 0 radical (unpaired) electrons. The van der Waals surface area contributed by atoms with Gasteiger partial charge >= 0.3 is 0 Å². The topological polar surface area (TPSA) is 29.3 Å². The summed E-state index contributed by atoms with van der Waals surface area (Å²) in [6, 6.07) is 0. The minimum Gasteiger partial charge on any atom is -0.268 e. The van der Waals surface area contributed by atoms with Crippen LogP contribution < -0.4 is 5.84 Å². The third-order valence-corrected chi connectivity index (χ3v) is 3.24. The molecule has 1 aliphatic rings. The summed E-state index contributed by atoms with van der Waals surface area (Å²) in [5, 5.41) is 6.35. The van der Waals surface area contributed by atoms with E-state index in [9.17, 15) is 0 Å². The highest BCUT2D eigenvalue weighted by molar-refractivity contribution is 7.08. The summed E-state index contributed by atoms with van der Waals surface area (Å²) in [6.45, 7) is 6.36. The maximum atomic E-state index is 5.82. The molecule has 0 fully saturated rings. The third kappa shape index (κ3) is 1.18. The monoisotopic (exact) mass is 182 g/mol. The maximum absolute atomic E-state index is 5.82. The Labute approximate surface area is 77.0 Å². The SMILES string of the molecule is CC1(C)CN(N)Cc2cscc21. The van der Waals surface area contributed by atoms with Gasteiger partial charge in [-0.25, -0.2) is 5.01 Å². The highest BCUT2D eigenvalue weighted by Crippen LogP contribution is 2.34. The Morgan fingerprint density at radius 3 is 3.00 bits per heavy atom. The van der Waals surface area contributed by atoms with Crippen molar-refractivity contribution in [2.45, 2.75) is 25.8 Å². The van der Waals surface area contributed by atoms with Crippen LogP contribution >= 0.6 is 11.3 Å². The molecule has 0 saturated heterocycles. The highest BCUT2D eigenvalue weighted by atomic mass is 32.1. The van der Waals surface area contributed by atoms with Crippen LogP contribution in [0.15, 0.2) is 10.8 Å². The molecule has 2 nitrogen and oxygen atoms in total. The number of nitrogens with zero attached hydrogens (tertiary/aromatic N) is 1. The van der Waals surface area contributed by atoms with Crippen molar-refractivity contribution in [1.82, 2.24) is 5.01 Å². The molecule has 2 heterocycles. The molecule has 0 bridgehead atoms. The van der Waals surface area contributed by atoms with E-state index in [0.29, 0.717) is 0 Å². The van der Waals surface area contributed by atoms with Crippen molar-refractivity contribution in [3.8, 4) is 0 Å². The van der Waals surface area contributed by atoms with Crippen LogP contribution in [-0.4, -0.2) is 11.6 Å². The second-order valence-electron chi connectivity index (χ2n) is 4.10. The first-order chi connectivity index (χ1) is 5.59. The van der Waals surface area contributed by atoms with Crippen LogP contribution in [0.5, 0.6) is 0 Å². The molecule has 2 rings (SSSR count). The molecule has 0 aliphatic carbocycles. The van der Waals surface area contributed by atoms with Crippen LogP contribution in [0, 0.1) is 0 Å². The van der Waals surface area contributed by atoms with E-state index in [-0.39, 0.29) is 5.41 Å². The second-order valence-corrected chi connectivity index (χ2v) is 4.84. The van der Waals surface area contributed by atoms with Crippen molar-refractivity contribution in [2.75, 3.05) is 6.54 Å². The third-order valence-electron chi connectivity index (χ3n) is 2.44. The molecule has 12 heavy (non-hydrogen) atoms. The molecule has 66 valence electrons. The normalized spacial score (nSPS) is 22.2. The molecular formula is C9H14N2S. The summed E-state index contributed by atoms with van der Waals surface area (Å²) in [6.07, 6.45) is 0. The van der Waals surface area contributed by atoms with E-state index in [1.807, 2.05) is 5.01 Å². The number of thiophene rings is 1. The summed E-state index contributed by atoms with van der Waals surface area (Å²) >= 11 is 1.78. The fourth-order valence-electron chi connectivity index (χ4n) is 1.91. The van der Waals surface area contributed by atoms with Gasteiger partial charge in [0.15, 0.2) is 0 Å². The Bertz CT molecular complexity index is 290. The number of nitrogens with two attached hydrogens (primary N) is 1. The number of rotatable bonds is 0. The van der Waals surface area contributed by atoms with Gasteiger partial charge in [-0.1, -0.05) is 13.8 Å². The number of hydrogen-bond donors (Lipinski definition) is 1. The van der Waals surface area contributed by atoms with Gasteiger partial charge in [-0.2, -0.15) is 11.3 Å². The van der Waals surface area contributed by atoms with Gasteiger partial charge in [-0.05, 0) is 21.9 Å². The fraction of sp³-hybridized carbons (Fsp3) is 0.556. The van der Waals surface area contributed by atoms with E-state index in [4.69, 9.17) is 5.84 Å². The van der Waals surface area contributed by atoms with Gasteiger partial charge < -0.3 is 0 Å². The van der Waals surface area contributed by atoms with Crippen molar-refractivity contribution in [3.63, 3.8) is 0 Å². The van der Waals surface area contributed by atoms with E-state index < -0.39 is 0 Å². The number of fused-ring (bicyclic) bond motifs is 1. The van der Waals surface area contributed by atoms with Gasteiger partial charge in [0.25, 0.3) is 0 Å². The summed E-state index contributed by atoms with van der Waals surface area (Å²) in [5.41, 5.74) is 3.11. The predicted octanol–water partition coefficient (Wildman–Crippen LogP) is 1.72. The van der Waals surface area contributed by atoms with Gasteiger partial charge in [-0.3, -0.25) is 5.84 Å². The van der Waals surface area contributed by atoms with Gasteiger partial charge in [0, 0.05) is 18.5 Å². The minimum absolute atomic E-state index is 0.225. The van der Waals surface area contributed by atoms with E-state index in [1.165, 1.54) is 11.1 Å². The molecule has 0 unspecified atom stereocenters. The molecule has 0 saturated carbocycles. The zero-order valence-corrected chi connectivity index (χ0v) is 8.32. The van der Waals surface area contributed by atoms with E-state index >= 15 is 0 Å². The standard InChI is InChI=1S/C9H14N2S/c1-9(2)6-11(10)3-7-4-12-5-8(7)9/h4-5H,3,6,10H2,1-2H3.